The molecule has 1 amide bonds. The van der Waals surface area contributed by atoms with Crippen molar-refractivity contribution in [1.29, 1.82) is 0 Å². The molecule has 4 heteroatoms. The van der Waals surface area contributed by atoms with Crippen LogP contribution in [-0.2, 0) is 4.79 Å². The van der Waals surface area contributed by atoms with Gasteiger partial charge in [-0.1, -0.05) is 19.1 Å². The molecule has 2 heterocycles. The van der Waals surface area contributed by atoms with E-state index < -0.39 is 0 Å². The van der Waals surface area contributed by atoms with Crippen LogP contribution < -0.4 is 10.1 Å². The second-order valence-corrected chi connectivity index (χ2v) is 5.49. The number of hydrogen-bond acceptors (Lipinski definition) is 3. The minimum atomic E-state index is -0.386. The van der Waals surface area contributed by atoms with E-state index in [1.165, 1.54) is 0 Å². The van der Waals surface area contributed by atoms with E-state index in [4.69, 9.17) is 4.74 Å². The number of anilines is 1. The lowest BCUT2D eigenvalue weighted by atomic mass is 9.99. The molecule has 1 aromatic carbocycles. The standard InChI is InChI=1S/C15H20N2O2/c1-11-6-8-17(9-7-11)15(18)14-10-16-12-4-2-3-5-13(12)19-14/h2-5,11,14,16H,6-10H2,1H3. The number of benzene rings is 1. The summed E-state index contributed by atoms with van der Waals surface area (Å²) in [4.78, 5) is 14.4. The summed E-state index contributed by atoms with van der Waals surface area (Å²) in [6, 6.07) is 7.76. The van der Waals surface area contributed by atoms with Crippen LogP contribution in [0.2, 0.25) is 0 Å². The molecule has 0 aliphatic carbocycles. The molecule has 102 valence electrons. The topological polar surface area (TPSA) is 41.6 Å². The van der Waals surface area contributed by atoms with Gasteiger partial charge in [0, 0.05) is 13.1 Å². The van der Waals surface area contributed by atoms with E-state index in [9.17, 15) is 4.79 Å². The van der Waals surface area contributed by atoms with Crippen LogP contribution in [0.1, 0.15) is 19.8 Å². The van der Waals surface area contributed by atoms with Crippen LogP contribution in [0.25, 0.3) is 0 Å². The zero-order valence-electron chi connectivity index (χ0n) is 11.3. The van der Waals surface area contributed by atoms with E-state index in [2.05, 4.69) is 12.2 Å². The van der Waals surface area contributed by atoms with Crippen LogP contribution in [-0.4, -0.2) is 36.5 Å². The largest absolute Gasteiger partial charge is 0.477 e. The molecule has 19 heavy (non-hydrogen) atoms. The summed E-state index contributed by atoms with van der Waals surface area (Å²) >= 11 is 0. The summed E-state index contributed by atoms with van der Waals surface area (Å²) in [5.41, 5.74) is 0.971. The van der Waals surface area contributed by atoms with Gasteiger partial charge < -0.3 is 15.0 Å². The Morgan fingerprint density at radius 3 is 2.84 bits per heavy atom. The fourth-order valence-corrected chi connectivity index (χ4v) is 2.68. The minimum Gasteiger partial charge on any atom is -0.477 e. The van der Waals surface area contributed by atoms with Gasteiger partial charge in [-0.25, -0.2) is 0 Å². The number of para-hydroxylation sites is 2. The second-order valence-electron chi connectivity index (χ2n) is 5.49. The van der Waals surface area contributed by atoms with Crippen molar-refractivity contribution < 1.29 is 9.53 Å². The van der Waals surface area contributed by atoms with Gasteiger partial charge in [-0.15, -0.1) is 0 Å². The van der Waals surface area contributed by atoms with Gasteiger partial charge in [-0.2, -0.15) is 0 Å². The van der Waals surface area contributed by atoms with Crippen molar-refractivity contribution in [2.45, 2.75) is 25.9 Å². The number of likely N-dealkylation sites (tertiary alicyclic amines) is 1. The van der Waals surface area contributed by atoms with Crippen LogP contribution in [0.5, 0.6) is 5.75 Å². The molecular weight excluding hydrogens is 240 g/mol. The van der Waals surface area contributed by atoms with Gasteiger partial charge in [0.15, 0.2) is 6.10 Å². The molecule has 2 aliphatic rings. The summed E-state index contributed by atoms with van der Waals surface area (Å²) < 4.78 is 5.82. The van der Waals surface area contributed by atoms with Gasteiger partial charge in [-0.05, 0) is 30.9 Å². The molecule has 1 atom stereocenters. The second kappa shape index (κ2) is 5.11. The fourth-order valence-electron chi connectivity index (χ4n) is 2.68. The maximum atomic E-state index is 12.4. The van der Waals surface area contributed by atoms with Crippen molar-refractivity contribution in [3.63, 3.8) is 0 Å². The summed E-state index contributed by atoms with van der Waals surface area (Å²) in [6.45, 7) is 4.53. The average molecular weight is 260 g/mol. The predicted molar refractivity (Wildman–Crippen MR) is 74.3 cm³/mol. The Morgan fingerprint density at radius 1 is 1.32 bits per heavy atom. The Labute approximate surface area is 113 Å². The number of nitrogens with one attached hydrogen (secondary N) is 1. The van der Waals surface area contributed by atoms with Gasteiger partial charge >= 0.3 is 0 Å². The normalized spacial score (nSPS) is 23.2. The van der Waals surface area contributed by atoms with E-state index in [0.717, 1.165) is 43.3 Å². The molecule has 3 rings (SSSR count). The van der Waals surface area contributed by atoms with Gasteiger partial charge in [0.05, 0.1) is 12.2 Å². The zero-order valence-corrected chi connectivity index (χ0v) is 11.3. The summed E-state index contributed by atoms with van der Waals surface area (Å²) in [6.07, 6.45) is 1.81. The summed E-state index contributed by atoms with van der Waals surface area (Å²) in [5.74, 6) is 1.63. The molecular formula is C15H20N2O2. The molecule has 0 aromatic heterocycles. The minimum absolute atomic E-state index is 0.119. The van der Waals surface area contributed by atoms with E-state index in [-0.39, 0.29) is 12.0 Å². The van der Waals surface area contributed by atoms with E-state index in [1.54, 1.807) is 0 Å². The molecule has 0 radical (unpaired) electrons. The third-order valence-electron chi connectivity index (χ3n) is 4.00. The third-order valence-corrected chi connectivity index (χ3v) is 4.00. The molecule has 1 N–H and O–H groups in total. The zero-order chi connectivity index (χ0) is 13.2. The Balaban J connectivity index is 1.66. The molecule has 0 saturated carbocycles. The molecule has 4 nitrogen and oxygen atoms in total. The van der Waals surface area contributed by atoms with Crippen molar-refractivity contribution in [3.8, 4) is 5.75 Å². The van der Waals surface area contributed by atoms with E-state index >= 15 is 0 Å². The number of nitrogens with zero attached hydrogens (tertiary/aromatic N) is 1. The van der Waals surface area contributed by atoms with Crippen LogP contribution >= 0.6 is 0 Å². The van der Waals surface area contributed by atoms with Crippen LogP contribution in [0.4, 0.5) is 5.69 Å². The molecule has 1 saturated heterocycles. The van der Waals surface area contributed by atoms with Crippen molar-refractivity contribution in [1.82, 2.24) is 4.90 Å². The Kier molecular flexibility index (Phi) is 3.32. The van der Waals surface area contributed by atoms with Crippen LogP contribution in [0.3, 0.4) is 0 Å². The number of amides is 1. The van der Waals surface area contributed by atoms with Crippen molar-refractivity contribution in [2.75, 3.05) is 25.0 Å². The maximum absolute atomic E-state index is 12.4. The SMILES string of the molecule is CC1CCN(C(=O)C2CNc3ccccc3O2)CC1. The van der Waals surface area contributed by atoms with E-state index in [1.807, 2.05) is 29.2 Å². The number of fused-ring (bicyclic) bond motifs is 1. The Hall–Kier alpha value is -1.71. The number of ether oxygens (including phenoxy) is 1. The molecule has 0 spiro atoms. The molecule has 1 fully saturated rings. The van der Waals surface area contributed by atoms with Crippen LogP contribution in [0, 0.1) is 5.92 Å². The van der Waals surface area contributed by atoms with Crippen LogP contribution in [0.15, 0.2) is 24.3 Å². The summed E-state index contributed by atoms with van der Waals surface area (Å²) in [7, 11) is 0. The van der Waals surface area contributed by atoms with Crippen molar-refractivity contribution >= 4 is 11.6 Å². The highest BCUT2D eigenvalue weighted by molar-refractivity contribution is 5.83. The lowest BCUT2D eigenvalue weighted by molar-refractivity contribution is -0.139. The highest BCUT2D eigenvalue weighted by Crippen LogP contribution is 2.29. The third kappa shape index (κ3) is 2.53. The molecule has 1 aromatic rings. The lowest BCUT2D eigenvalue weighted by Gasteiger charge is -2.34. The smallest absolute Gasteiger partial charge is 0.265 e. The first-order chi connectivity index (χ1) is 9.24. The number of hydrogen-bond donors (Lipinski definition) is 1. The monoisotopic (exact) mass is 260 g/mol. The fraction of sp³-hybridized carbons (Fsp3) is 0.533. The molecule has 2 aliphatic heterocycles. The number of carbonyl (C=O) groups is 1. The van der Waals surface area contributed by atoms with E-state index in [0.29, 0.717) is 6.54 Å². The van der Waals surface area contributed by atoms with Gasteiger partial charge in [-0.3, -0.25) is 4.79 Å². The van der Waals surface area contributed by atoms with Crippen molar-refractivity contribution in [2.24, 2.45) is 5.92 Å². The molecule has 1 unspecified atom stereocenters. The van der Waals surface area contributed by atoms with Gasteiger partial charge in [0.2, 0.25) is 0 Å². The highest BCUT2D eigenvalue weighted by atomic mass is 16.5. The van der Waals surface area contributed by atoms with Gasteiger partial charge in [0.25, 0.3) is 5.91 Å². The first-order valence-corrected chi connectivity index (χ1v) is 7.02. The molecule has 0 bridgehead atoms. The van der Waals surface area contributed by atoms with Gasteiger partial charge in [0.1, 0.15) is 5.75 Å². The quantitative estimate of drug-likeness (QED) is 0.841. The number of carbonyl (C=O) groups excluding carboxylic acids is 1. The Morgan fingerprint density at radius 2 is 2.05 bits per heavy atom. The highest BCUT2D eigenvalue weighted by Gasteiger charge is 2.31. The average Bonchev–Trinajstić information content (AvgIpc) is 2.47. The number of rotatable bonds is 1. The maximum Gasteiger partial charge on any atom is 0.265 e. The first-order valence-electron chi connectivity index (χ1n) is 7.02. The first kappa shape index (κ1) is 12.3. The number of piperidine rings is 1. The predicted octanol–water partition coefficient (Wildman–Crippen LogP) is 2.12. The summed E-state index contributed by atoms with van der Waals surface area (Å²) in [5, 5.41) is 3.27. The van der Waals surface area contributed by atoms with Crippen molar-refractivity contribution in [3.05, 3.63) is 24.3 Å². The Bertz CT molecular complexity index is 467. The lowest BCUT2D eigenvalue weighted by Crippen LogP contribution is -2.49.